The van der Waals surface area contributed by atoms with E-state index in [1.54, 1.807) is 64.1 Å². The van der Waals surface area contributed by atoms with Gasteiger partial charge in [-0.3, -0.25) is 66.5 Å². The Bertz CT molecular complexity index is 3500. The van der Waals surface area contributed by atoms with Crippen molar-refractivity contribution in [2.75, 3.05) is 50.1 Å². The maximum atomic E-state index is 15.0. The largest absolute Gasteiger partial charge is 0.394 e. The van der Waals surface area contributed by atoms with Crippen molar-refractivity contribution in [3.63, 3.8) is 0 Å². The minimum atomic E-state index is -2.39. The second kappa shape index (κ2) is 33.7. The molecule has 1 aromatic heterocycles. The van der Waals surface area contributed by atoms with Gasteiger partial charge in [-0.25, -0.2) is 0 Å². The van der Waals surface area contributed by atoms with Crippen LogP contribution in [0.5, 0.6) is 0 Å². The van der Waals surface area contributed by atoms with Crippen LogP contribution in [0.4, 0.5) is 5.69 Å². The number of carbonyl (C=O) groups excluding carboxylic acids is 13. The summed E-state index contributed by atoms with van der Waals surface area (Å²) in [4.78, 5) is 187. The van der Waals surface area contributed by atoms with Crippen LogP contribution in [-0.2, 0) is 86.1 Å². The molecule has 0 aliphatic carbocycles. The number of benzene rings is 2. The van der Waals surface area contributed by atoms with Gasteiger partial charge < -0.3 is 88.6 Å². The molecule has 15 N–H and O–H groups in total. The fraction of sp³-hybridized carbons (Fsp3) is 0.540. The molecule has 7 rings (SSSR count). The fourth-order valence-electron chi connectivity index (χ4n) is 11.4. The van der Waals surface area contributed by atoms with Crippen molar-refractivity contribution >= 4 is 116 Å². The van der Waals surface area contributed by atoms with E-state index < -0.39 is 205 Å². The number of thioether (sulfide) groups is 1. The lowest BCUT2D eigenvalue weighted by molar-refractivity contribution is -0.144. The Hall–Kier alpha value is -8.79. The summed E-state index contributed by atoms with van der Waals surface area (Å²) in [6.07, 6.45) is -2.52. The third kappa shape index (κ3) is 19.0. The lowest BCUT2D eigenvalue weighted by Crippen LogP contribution is -2.62. The minimum absolute atomic E-state index is 0.0754. The summed E-state index contributed by atoms with van der Waals surface area (Å²) in [6.45, 7) is 10.4. The lowest BCUT2D eigenvalue weighted by atomic mass is 9.93. The molecule has 4 aliphatic rings. The highest BCUT2D eigenvalue weighted by Gasteiger charge is 2.46. The number of aliphatic hydroxyl groups is 3. The second-order valence-corrected chi connectivity index (χ2v) is 27.2. The van der Waals surface area contributed by atoms with Gasteiger partial charge >= 0.3 is 0 Å². The Balaban J connectivity index is 1.14. The maximum absolute atomic E-state index is 15.0. The summed E-state index contributed by atoms with van der Waals surface area (Å²) in [5.74, 6) is -14.0. The molecule has 3 aromatic rings. The smallest absolute Gasteiger partial charge is 0.246 e. The van der Waals surface area contributed by atoms with Gasteiger partial charge in [0.15, 0.2) is 0 Å². The summed E-state index contributed by atoms with van der Waals surface area (Å²) in [5, 5.41) is 60.6. The first-order chi connectivity index (χ1) is 45.5. The first-order valence-corrected chi connectivity index (χ1v) is 34.2. The van der Waals surface area contributed by atoms with E-state index in [1.165, 1.54) is 42.6 Å². The molecule has 2 fully saturated rings. The third-order valence-electron chi connectivity index (χ3n) is 17.4. The number of aromatic nitrogens is 1. The number of para-hydroxylation sites is 1. The Kier molecular flexibility index (Phi) is 26.2. The Morgan fingerprint density at radius 3 is 2.10 bits per heavy atom. The lowest BCUT2D eigenvalue weighted by Gasteiger charge is -2.33. The molecule has 31 nitrogen and oxygen atoms in total. The number of aliphatic hydroxyl groups excluding tert-OH is 3. The van der Waals surface area contributed by atoms with Gasteiger partial charge in [0.25, 0.3) is 0 Å². The number of nitrogens with one attached hydrogen (secondary N) is 12. The Morgan fingerprint density at radius 1 is 0.771 bits per heavy atom. The average molecular weight is 1380 g/mol. The number of anilines is 1. The van der Waals surface area contributed by atoms with Crippen LogP contribution < -0.4 is 58.5 Å². The zero-order chi connectivity index (χ0) is 70.4. The predicted octanol–water partition coefficient (Wildman–Crippen LogP) is -3.34. The van der Waals surface area contributed by atoms with E-state index in [0.717, 1.165) is 4.90 Å². The van der Waals surface area contributed by atoms with Crippen LogP contribution >= 0.6 is 11.8 Å². The second-order valence-electron chi connectivity index (χ2n) is 24.7. The predicted molar refractivity (Wildman–Crippen MR) is 350 cm³/mol. The van der Waals surface area contributed by atoms with Crippen LogP contribution in [0.2, 0.25) is 0 Å². The number of aromatic amines is 1. The molecule has 14 atom stereocenters. The molecule has 33 heteroatoms. The summed E-state index contributed by atoms with van der Waals surface area (Å²) in [6, 6.07) is 0.237. The van der Waals surface area contributed by atoms with E-state index in [4.69, 9.17) is 0 Å². The Morgan fingerprint density at radius 2 is 1.45 bits per heavy atom. The van der Waals surface area contributed by atoms with Gasteiger partial charge in [-0.05, 0) is 54.3 Å². The highest BCUT2D eigenvalue weighted by atomic mass is 32.2. The monoisotopic (exact) mass is 1370 g/mol. The van der Waals surface area contributed by atoms with Crippen molar-refractivity contribution in [1.29, 1.82) is 0 Å². The number of hydrogen-bond acceptors (Lipinski definition) is 18. The van der Waals surface area contributed by atoms with Gasteiger partial charge in [0.1, 0.15) is 53.4 Å². The van der Waals surface area contributed by atoms with Gasteiger partial charge in [0.05, 0.1) is 60.1 Å². The molecule has 3 unspecified atom stereocenters. The molecule has 0 radical (unpaired) electrons. The molecule has 96 heavy (non-hydrogen) atoms. The zero-order valence-corrected chi connectivity index (χ0v) is 56.0. The molecule has 0 saturated carbocycles. The van der Waals surface area contributed by atoms with E-state index in [-0.39, 0.29) is 59.3 Å². The number of rotatable bonds is 19. The van der Waals surface area contributed by atoms with Crippen molar-refractivity contribution in [3.8, 4) is 0 Å². The maximum Gasteiger partial charge on any atom is 0.246 e. The molecule has 2 aromatic carbocycles. The van der Waals surface area contributed by atoms with E-state index in [0.29, 0.717) is 28.6 Å². The number of nitrogens with zero attached hydrogens (tertiary/aromatic N) is 2. The first-order valence-electron chi connectivity index (χ1n) is 31.6. The average Bonchev–Trinajstić information content (AvgIpc) is 1.64. The number of hydrogen-bond donors (Lipinski definition) is 15. The van der Waals surface area contributed by atoms with Crippen molar-refractivity contribution in [2.24, 2.45) is 17.8 Å². The number of fused-ring (bicyclic) bond motifs is 5. The van der Waals surface area contributed by atoms with Gasteiger partial charge in [-0.1, -0.05) is 78.0 Å². The Labute approximate surface area is 560 Å². The van der Waals surface area contributed by atoms with Crippen LogP contribution in [-0.4, -0.2) is 222 Å². The van der Waals surface area contributed by atoms with Crippen LogP contribution in [0.3, 0.4) is 0 Å². The van der Waals surface area contributed by atoms with E-state index in [2.05, 4.69) is 70.0 Å². The van der Waals surface area contributed by atoms with Crippen LogP contribution in [0.1, 0.15) is 84.8 Å². The summed E-state index contributed by atoms with van der Waals surface area (Å²) < 4.78 is 15.0. The van der Waals surface area contributed by atoms with E-state index in [1.807, 2.05) is 6.26 Å². The minimum Gasteiger partial charge on any atom is -0.394 e. The molecule has 5 heterocycles. The molecule has 0 spiro atoms. The fourth-order valence-corrected chi connectivity index (χ4v) is 13.5. The van der Waals surface area contributed by atoms with Crippen molar-refractivity contribution in [3.05, 3.63) is 71.9 Å². The summed E-state index contributed by atoms with van der Waals surface area (Å²) in [5.41, 5.74) is 1.86. The molecule has 2 saturated heterocycles. The SMILES string of the molecule is C=C1C(SC)CC(=O)N1CCC(=O)NC(C(=O)N[C@@H](C)C(=O)Nc1ccc(CNC(=O)C[C@@H]2NC(=O)[C@@H]3CS(=O)c4[nH]c5ccccc5c4C[C@H](NC(=O)[C@H]([C@@H](C)[C@@H](O)CO)NC(=O)[C@@H]4C[C@@H](O)CN4C2=O)C(=O)NCC(=O)N[C@@H]([C@@H](C)CC)C(=O)NCC(=O)N3)cc1)C(C)C. The summed E-state index contributed by atoms with van der Waals surface area (Å²) in [7, 11) is -2.39. The molecular weight excluding hydrogens is 1290 g/mol. The number of likely N-dealkylation sites (tertiary alicyclic amines) is 1. The normalized spacial score (nSPS) is 25.1. The highest BCUT2D eigenvalue weighted by Crippen LogP contribution is 2.31. The van der Waals surface area contributed by atoms with Crippen molar-refractivity contribution in [2.45, 2.75) is 157 Å². The molecule has 522 valence electrons. The van der Waals surface area contributed by atoms with E-state index in [9.17, 15) is 72.9 Å². The standard InChI is InChI=1S/C63H86N14O17S2/c1-9-31(4)53-59(90)66-25-49(83)69-43-29-96(94)62-39(38-12-10-11-13-40(38)72-62)21-41(56(87)65-26-50(84)74-53)70-61(92)54(32(5)45(80)28-78)75-58(89)44-20-37(79)27-77(44)63(93)42(71-57(43)88)22-48(82)64-24-35-14-16-36(17-15-35)68-55(86)33(6)67-60(91)52(30(2)3)73-47(81)18-19-76-34(7)46(95-8)23-51(76)85/h10-17,30-33,37,41-46,52-54,72,78-80H,7,9,18-29H2,1-6,8H3,(H,64,82)(H,65,87)(H,66,90)(H,67,91)(H,68,86)(H,69,83)(H,70,92)(H,71,88)(H,73,81)(H,74,84)(H,75,89)/t31-,32-,33-,37+,41-,42-,43-,44-,45-,46?,52?,53-,54-,96?/m0/s1. The molecule has 2 bridgehead atoms. The molecule has 4 aliphatic heterocycles. The molecular formula is C63H86N14O17S2. The zero-order valence-electron chi connectivity index (χ0n) is 54.4. The summed E-state index contributed by atoms with van der Waals surface area (Å²) >= 11 is 1.49. The van der Waals surface area contributed by atoms with Crippen LogP contribution in [0.15, 0.2) is 65.8 Å². The number of H-pyrrole nitrogens is 1. The van der Waals surface area contributed by atoms with Crippen LogP contribution in [0, 0.1) is 17.8 Å². The van der Waals surface area contributed by atoms with E-state index >= 15 is 9.00 Å². The van der Waals surface area contributed by atoms with Gasteiger partial charge in [0, 0.05) is 73.5 Å². The topological polar surface area (TPSA) is 454 Å². The number of amides is 13. The quantitative estimate of drug-likeness (QED) is 0.0558. The van der Waals surface area contributed by atoms with Crippen molar-refractivity contribution in [1.82, 2.24) is 68.0 Å². The third-order valence-corrected chi connectivity index (χ3v) is 19.8. The van der Waals surface area contributed by atoms with Crippen LogP contribution in [0.25, 0.3) is 10.9 Å². The highest BCUT2D eigenvalue weighted by molar-refractivity contribution is 7.99. The van der Waals surface area contributed by atoms with Crippen molar-refractivity contribution < 1.29 is 81.9 Å². The van der Waals surface area contributed by atoms with Gasteiger partial charge in [-0.2, -0.15) is 11.8 Å². The first kappa shape index (κ1) is 74.6. The number of carbonyl (C=O) groups is 13. The molecule has 13 amide bonds. The van der Waals surface area contributed by atoms with Gasteiger partial charge in [-0.15, -0.1) is 0 Å². The van der Waals surface area contributed by atoms with Gasteiger partial charge in [0.2, 0.25) is 76.8 Å².